The predicted octanol–water partition coefficient (Wildman–Crippen LogP) is 3.24. The minimum Gasteiger partial charge on any atom is -0.480 e. The Morgan fingerprint density at radius 2 is 1.71 bits per heavy atom. The van der Waals surface area contributed by atoms with E-state index in [4.69, 9.17) is 5.11 Å². The van der Waals surface area contributed by atoms with Crippen molar-refractivity contribution in [3.05, 3.63) is 0 Å². The monoisotopic (exact) mass is 243 g/mol. The van der Waals surface area contributed by atoms with E-state index in [1.165, 1.54) is 19.3 Å². The highest BCUT2D eigenvalue weighted by atomic mass is 16.4. The van der Waals surface area contributed by atoms with E-state index >= 15 is 0 Å². The van der Waals surface area contributed by atoms with Gasteiger partial charge in [0.25, 0.3) is 0 Å². The molecule has 0 aliphatic carbocycles. The first-order valence-electron chi connectivity index (χ1n) is 6.77. The molecule has 0 heterocycles. The van der Waals surface area contributed by atoms with E-state index in [2.05, 4.69) is 20.8 Å². The number of aliphatic carboxylic acids is 1. The number of carbonyl (C=O) groups is 1. The van der Waals surface area contributed by atoms with Crippen molar-refractivity contribution in [2.24, 2.45) is 11.8 Å². The SMILES string of the molecule is CC(C)CCCC(C)CCN(C)[C@@H](C)C(=O)O. The molecule has 0 aliphatic heterocycles. The summed E-state index contributed by atoms with van der Waals surface area (Å²) < 4.78 is 0. The van der Waals surface area contributed by atoms with E-state index in [1.54, 1.807) is 6.92 Å². The largest absolute Gasteiger partial charge is 0.480 e. The molecule has 0 aliphatic rings. The summed E-state index contributed by atoms with van der Waals surface area (Å²) in [5.74, 6) is 0.745. The Balaban J connectivity index is 3.69. The minimum absolute atomic E-state index is 0.377. The maximum absolute atomic E-state index is 10.8. The number of carboxylic acids is 1. The normalized spacial score (nSPS) is 15.2. The van der Waals surface area contributed by atoms with Crippen LogP contribution in [0.1, 0.15) is 53.4 Å². The highest BCUT2D eigenvalue weighted by molar-refractivity contribution is 5.72. The number of likely N-dealkylation sites (N-methyl/N-ethyl adjacent to an activating group) is 1. The maximum atomic E-state index is 10.8. The molecule has 17 heavy (non-hydrogen) atoms. The molecular formula is C14H29NO2. The lowest BCUT2D eigenvalue weighted by molar-refractivity contribution is -0.142. The molecule has 1 N–H and O–H groups in total. The van der Waals surface area contributed by atoms with Crippen LogP contribution in [0.25, 0.3) is 0 Å². The summed E-state index contributed by atoms with van der Waals surface area (Å²) >= 11 is 0. The van der Waals surface area contributed by atoms with Gasteiger partial charge < -0.3 is 5.11 Å². The summed E-state index contributed by atoms with van der Waals surface area (Å²) in [7, 11) is 1.89. The Bertz CT molecular complexity index is 216. The van der Waals surface area contributed by atoms with Crippen LogP contribution in [-0.4, -0.2) is 35.6 Å². The molecule has 0 aromatic heterocycles. The third-order valence-corrected chi connectivity index (χ3v) is 3.47. The summed E-state index contributed by atoms with van der Waals surface area (Å²) in [5, 5.41) is 8.88. The molecule has 3 heteroatoms. The first kappa shape index (κ1) is 16.4. The average Bonchev–Trinajstić information content (AvgIpc) is 2.24. The van der Waals surface area contributed by atoms with E-state index in [9.17, 15) is 4.79 Å². The fraction of sp³-hybridized carbons (Fsp3) is 0.929. The van der Waals surface area contributed by atoms with Crippen LogP contribution in [0, 0.1) is 11.8 Å². The zero-order valence-electron chi connectivity index (χ0n) is 12.1. The molecule has 102 valence electrons. The van der Waals surface area contributed by atoms with Crippen LogP contribution in [0.4, 0.5) is 0 Å². The third kappa shape index (κ3) is 8.19. The Hall–Kier alpha value is -0.570. The van der Waals surface area contributed by atoms with Gasteiger partial charge in [0.05, 0.1) is 0 Å². The molecule has 0 spiro atoms. The van der Waals surface area contributed by atoms with Gasteiger partial charge in [0.15, 0.2) is 0 Å². The molecule has 0 bridgehead atoms. The molecule has 1 unspecified atom stereocenters. The minimum atomic E-state index is -0.736. The summed E-state index contributed by atoms with van der Waals surface area (Å²) in [6.07, 6.45) is 4.93. The van der Waals surface area contributed by atoms with Crippen molar-refractivity contribution in [2.45, 2.75) is 59.4 Å². The molecule has 0 saturated carbocycles. The average molecular weight is 243 g/mol. The second-order valence-electron chi connectivity index (χ2n) is 5.71. The molecule has 0 aromatic rings. The Morgan fingerprint density at radius 3 is 2.18 bits per heavy atom. The van der Waals surface area contributed by atoms with Crippen LogP contribution in [0.2, 0.25) is 0 Å². The fourth-order valence-electron chi connectivity index (χ4n) is 1.83. The van der Waals surface area contributed by atoms with Crippen molar-refractivity contribution in [1.82, 2.24) is 4.90 Å². The number of carboxylic acid groups (broad SMARTS) is 1. The van der Waals surface area contributed by atoms with Gasteiger partial charge >= 0.3 is 5.97 Å². The van der Waals surface area contributed by atoms with E-state index in [0.717, 1.165) is 18.9 Å². The van der Waals surface area contributed by atoms with Gasteiger partial charge in [-0.3, -0.25) is 9.69 Å². The van der Waals surface area contributed by atoms with Gasteiger partial charge in [0, 0.05) is 0 Å². The Labute approximate surface area is 106 Å². The van der Waals surface area contributed by atoms with E-state index in [-0.39, 0.29) is 6.04 Å². The molecular weight excluding hydrogens is 214 g/mol. The number of hydrogen-bond acceptors (Lipinski definition) is 2. The first-order valence-corrected chi connectivity index (χ1v) is 6.77. The quantitative estimate of drug-likeness (QED) is 0.676. The molecule has 0 amide bonds. The molecule has 0 rings (SSSR count). The van der Waals surface area contributed by atoms with Crippen molar-refractivity contribution in [2.75, 3.05) is 13.6 Å². The molecule has 0 radical (unpaired) electrons. The van der Waals surface area contributed by atoms with Gasteiger partial charge in [-0.25, -0.2) is 0 Å². The fourth-order valence-corrected chi connectivity index (χ4v) is 1.83. The Kier molecular flexibility index (Phi) is 8.23. The summed E-state index contributed by atoms with van der Waals surface area (Å²) in [4.78, 5) is 12.7. The number of rotatable bonds is 9. The van der Waals surface area contributed by atoms with E-state index in [1.807, 2.05) is 11.9 Å². The lowest BCUT2D eigenvalue weighted by Gasteiger charge is -2.22. The summed E-state index contributed by atoms with van der Waals surface area (Å²) in [6.45, 7) is 9.39. The van der Waals surface area contributed by atoms with Gasteiger partial charge in [-0.1, -0.05) is 40.0 Å². The smallest absolute Gasteiger partial charge is 0.320 e. The zero-order chi connectivity index (χ0) is 13.4. The Morgan fingerprint density at radius 1 is 1.12 bits per heavy atom. The van der Waals surface area contributed by atoms with Crippen LogP contribution in [0.3, 0.4) is 0 Å². The molecule has 3 nitrogen and oxygen atoms in total. The predicted molar refractivity (Wildman–Crippen MR) is 72.2 cm³/mol. The van der Waals surface area contributed by atoms with Gasteiger partial charge in [-0.05, 0) is 38.8 Å². The lowest BCUT2D eigenvalue weighted by Crippen LogP contribution is -2.36. The van der Waals surface area contributed by atoms with Crippen LogP contribution in [-0.2, 0) is 4.79 Å². The molecule has 0 fully saturated rings. The second-order valence-corrected chi connectivity index (χ2v) is 5.71. The molecule has 0 aromatic carbocycles. The maximum Gasteiger partial charge on any atom is 0.320 e. The van der Waals surface area contributed by atoms with Gasteiger partial charge in [0.2, 0.25) is 0 Å². The summed E-state index contributed by atoms with van der Waals surface area (Å²) in [5.41, 5.74) is 0. The number of hydrogen-bond donors (Lipinski definition) is 1. The van der Waals surface area contributed by atoms with Gasteiger partial charge in [0.1, 0.15) is 6.04 Å². The van der Waals surface area contributed by atoms with Crippen LogP contribution >= 0.6 is 0 Å². The van der Waals surface area contributed by atoms with Crippen molar-refractivity contribution < 1.29 is 9.90 Å². The van der Waals surface area contributed by atoms with E-state index in [0.29, 0.717) is 5.92 Å². The molecule has 2 atom stereocenters. The topological polar surface area (TPSA) is 40.5 Å². The van der Waals surface area contributed by atoms with Crippen molar-refractivity contribution >= 4 is 5.97 Å². The van der Waals surface area contributed by atoms with Gasteiger partial charge in [-0.2, -0.15) is 0 Å². The van der Waals surface area contributed by atoms with E-state index < -0.39 is 5.97 Å². The first-order chi connectivity index (χ1) is 7.84. The molecule has 0 saturated heterocycles. The van der Waals surface area contributed by atoms with Crippen LogP contribution in [0.15, 0.2) is 0 Å². The van der Waals surface area contributed by atoms with Crippen LogP contribution in [0.5, 0.6) is 0 Å². The lowest BCUT2D eigenvalue weighted by atomic mass is 9.97. The highest BCUT2D eigenvalue weighted by Gasteiger charge is 2.16. The number of nitrogens with zero attached hydrogens (tertiary/aromatic N) is 1. The standard InChI is InChI=1S/C14H29NO2/c1-11(2)7-6-8-12(3)9-10-15(5)13(4)14(16)17/h11-13H,6-10H2,1-5H3,(H,16,17)/t12?,13-/m0/s1. The highest BCUT2D eigenvalue weighted by Crippen LogP contribution is 2.15. The zero-order valence-corrected chi connectivity index (χ0v) is 12.1. The van der Waals surface area contributed by atoms with Crippen molar-refractivity contribution in [3.8, 4) is 0 Å². The van der Waals surface area contributed by atoms with Crippen molar-refractivity contribution in [1.29, 1.82) is 0 Å². The third-order valence-electron chi connectivity index (χ3n) is 3.47. The van der Waals surface area contributed by atoms with Crippen LogP contribution < -0.4 is 0 Å². The van der Waals surface area contributed by atoms with Gasteiger partial charge in [-0.15, -0.1) is 0 Å². The second kappa shape index (κ2) is 8.51. The summed E-state index contributed by atoms with van der Waals surface area (Å²) in [6, 6.07) is -0.377. The van der Waals surface area contributed by atoms with Crippen molar-refractivity contribution in [3.63, 3.8) is 0 Å².